The summed E-state index contributed by atoms with van der Waals surface area (Å²) in [6.07, 6.45) is 10.8. The largest absolute Gasteiger partial charge is 0.314 e. The zero-order valence-corrected chi connectivity index (χ0v) is 12.1. The van der Waals surface area contributed by atoms with Gasteiger partial charge in [0.2, 0.25) is 0 Å². The van der Waals surface area contributed by atoms with Crippen molar-refractivity contribution in [2.24, 2.45) is 5.92 Å². The van der Waals surface area contributed by atoms with Crippen LogP contribution >= 0.6 is 0 Å². The molecular formula is C15H26N4. The molecule has 1 saturated carbocycles. The van der Waals surface area contributed by atoms with Gasteiger partial charge in [0.25, 0.3) is 0 Å². The van der Waals surface area contributed by atoms with E-state index in [1.807, 2.05) is 0 Å². The summed E-state index contributed by atoms with van der Waals surface area (Å²) in [5.74, 6) is 3.19. The molecule has 1 aromatic rings. The van der Waals surface area contributed by atoms with Crippen molar-refractivity contribution in [2.45, 2.75) is 70.9 Å². The molecule has 0 amide bonds. The van der Waals surface area contributed by atoms with Crippen LogP contribution in [0.4, 0.5) is 0 Å². The molecule has 0 radical (unpaired) electrons. The highest BCUT2D eigenvalue weighted by atomic mass is 15.3. The number of fused-ring (bicyclic) bond motifs is 1. The minimum Gasteiger partial charge on any atom is -0.314 e. The van der Waals surface area contributed by atoms with E-state index in [4.69, 9.17) is 0 Å². The average molecular weight is 262 g/mol. The quantitative estimate of drug-likeness (QED) is 0.848. The molecular weight excluding hydrogens is 236 g/mol. The molecule has 0 aromatic carbocycles. The molecule has 4 nitrogen and oxygen atoms in total. The van der Waals surface area contributed by atoms with Gasteiger partial charge in [-0.15, -0.1) is 10.2 Å². The van der Waals surface area contributed by atoms with E-state index in [-0.39, 0.29) is 0 Å². The SMILES string of the molecule is CC(NCC1CCCCCC1)c1nnc2n1CCC2. The molecule has 0 bridgehead atoms. The topological polar surface area (TPSA) is 42.7 Å². The van der Waals surface area contributed by atoms with Gasteiger partial charge in [0, 0.05) is 13.0 Å². The fourth-order valence-electron chi connectivity index (χ4n) is 3.50. The number of nitrogens with zero attached hydrogens (tertiary/aromatic N) is 3. The summed E-state index contributed by atoms with van der Waals surface area (Å²) in [5.41, 5.74) is 0. The first-order chi connectivity index (χ1) is 9.34. The molecule has 1 N–H and O–H groups in total. The molecule has 1 fully saturated rings. The van der Waals surface area contributed by atoms with Gasteiger partial charge in [0.1, 0.15) is 11.6 Å². The molecule has 19 heavy (non-hydrogen) atoms. The summed E-state index contributed by atoms with van der Waals surface area (Å²) >= 11 is 0. The van der Waals surface area contributed by atoms with Crippen LogP contribution in [0.15, 0.2) is 0 Å². The minimum absolute atomic E-state index is 0.336. The molecule has 1 unspecified atom stereocenters. The predicted molar refractivity (Wildman–Crippen MR) is 76.0 cm³/mol. The van der Waals surface area contributed by atoms with E-state index in [9.17, 15) is 0 Å². The highest BCUT2D eigenvalue weighted by molar-refractivity contribution is 5.04. The van der Waals surface area contributed by atoms with E-state index < -0.39 is 0 Å². The Kier molecular flexibility index (Phi) is 4.16. The zero-order chi connectivity index (χ0) is 13.1. The average Bonchev–Trinajstić information content (AvgIpc) is 2.92. The summed E-state index contributed by atoms with van der Waals surface area (Å²) in [7, 11) is 0. The Morgan fingerprint density at radius 2 is 1.95 bits per heavy atom. The van der Waals surface area contributed by atoms with Gasteiger partial charge in [-0.05, 0) is 38.6 Å². The van der Waals surface area contributed by atoms with Crippen molar-refractivity contribution in [3.05, 3.63) is 11.6 Å². The molecule has 1 atom stereocenters. The van der Waals surface area contributed by atoms with Crippen LogP contribution in [0, 0.1) is 5.92 Å². The Hall–Kier alpha value is -0.900. The molecule has 2 aliphatic rings. The minimum atomic E-state index is 0.336. The van der Waals surface area contributed by atoms with E-state index in [0.29, 0.717) is 6.04 Å². The van der Waals surface area contributed by atoms with Gasteiger partial charge in [-0.3, -0.25) is 0 Å². The molecule has 0 spiro atoms. The van der Waals surface area contributed by atoms with Crippen molar-refractivity contribution in [1.82, 2.24) is 20.1 Å². The molecule has 106 valence electrons. The number of nitrogens with one attached hydrogen (secondary N) is 1. The molecule has 1 aromatic heterocycles. The van der Waals surface area contributed by atoms with Crippen LogP contribution in [-0.4, -0.2) is 21.3 Å². The van der Waals surface area contributed by atoms with Gasteiger partial charge < -0.3 is 9.88 Å². The highest BCUT2D eigenvalue weighted by Crippen LogP contribution is 2.23. The second kappa shape index (κ2) is 6.04. The van der Waals surface area contributed by atoms with Gasteiger partial charge in [0.05, 0.1) is 6.04 Å². The lowest BCUT2D eigenvalue weighted by Crippen LogP contribution is -2.27. The number of aromatic nitrogens is 3. The molecule has 1 aliphatic carbocycles. The van der Waals surface area contributed by atoms with Gasteiger partial charge >= 0.3 is 0 Å². The molecule has 3 rings (SSSR count). The lowest BCUT2D eigenvalue weighted by molar-refractivity contribution is 0.392. The number of hydrogen-bond donors (Lipinski definition) is 1. The summed E-state index contributed by atoms with van der Waals surface area (Å²) in [5, 5.41) is 12.4. The number of aryl methyl sites for hydroxylation is 1. The van der Waals surface area contributed by atoms with Crippen LogP contribution < -0.4 is 5.32 Å². The van der Waals surface area contributed by atoms with Gasteiger partial charge in [-0.25, -0.2) is 0 Å². The Morgan fingerprint density at radius 1 is 1.16 bits per heavy atom. The van der Waals surface area contributed by atoms with Gasteiger partial charge in [-0.2, -0.15) is 0 Å². The van der Waals surface area contributed by atoms with E-state index in [1.54, 1.807) is 0 Å². The van der Waals surface area contributed by atoms with Crippen molar-refractivity contribution < 1.29 is 0 Å². The number of hydrogen-bond acceptors (Lipinski definition) is 3. The Morgan fingerprint density at radius 3 is 2.74 bits per heavy atom. The molecule has 1 aliphatic heterocycles. The maximum atomic E-state index is 4.37. The summed E-state index contributed by atoms with van der Waals surface area (Å²) in [4.78, 5) is 0. The summed E-state index contributed by atoms with van der Waals surface area (Å²) in [6.45, 7) is 4.47. The first-order valence-corrected chi connectivity index (χ1v) is 8.00. The monoisotopic (exact) mass is 262 g/mol. The summed E-state index contributed by atoms with van der Waals surface area (Å²) in [6, 6.07) is 0.336. The first-order valence-electron chi connectivity index (χ1n) is 8.00. The van der Waals surface area contributed by atoms with E-state index >= 15 is 0 Å². The third-order valence-corrected chi connectivity index (χ3v) is 4.71. The maximum Gasteiger partial charge on any atom is 0.149 e. The Labute approximate surface area is 116 Å². The normalized spacial score (nSPS) is 22.2. The standard InChI is InChI=1S/C15H26N4/c1-12(15-18-17-14-9-6-10-19(14)15)16-11-13-7-4-2-3-5-8-13/h12-13,16H,2-11H2,1H3. The van der Waals surface area contributed by atoms with Crippen molar-refractivity contribution in [2.75, 3.05) is 6.54 Å². The molecule has 0 saturated heterocycles. The first kappa shape index (κ1) is 13.1. The fourth-order valence-corrected chi connectivity index (χ4v) is 3.50. The predicted octanol–water partition coefficient (Wildman–Crippen LogP) is 2.85. The van der Waals surface area contributed by atoms with Crippen LogP contribution in [0.2, 0.25) is 0 Å². The molecule has 2 heterocycles. The zero-order valence-electron chi connectivity index (χ0n) is 12.1. The lowest BCUT2D eigenvalue weighted by Gasteiger charge is -2.19. The van der Waals surface area contributed by atoms with Crippen LogP contribution in [0.25, 0.3) is 0 Å². The molecule has 4 heteroatoms. The Balaban J connectivity index is 1.54. The van der Waals surface area contributed by atoms with Crippen LogP contribution in [0.3, 0.4) is 0 Å². The smallest absolute Gasteiger partial charge is 0.149 e. The third kappa shape index (κ3) is 2.99. The Bertz CT molecular complexity index is 404. The van der Waals surface area contributed by atoms with Crippen LogP contribution in [0.5, 0.6) is 0 Å². The van der Waals surface area contributed by atoms with Gasteiger partial charge in [-0.1, -0.05) is 25.7 Å². The highest BCUT2D eigenvalue weighted by Gasteiger charge is 2.21. The van der Waals surface area contributed by atoms with Crippen molar-refractivity contribution in [3.8, 4) is 0 Å². The third-order valence-electron chi connectivity index (χ3n) is 4.71. The van der Waals surface area contributed by atoms with E-state index in [1.165, 1.54) is 50.8 Å². The maximum absolute atomic E-state index is 4.37. The summed E-state index contributed by atoms with van der Waals surface area (Å²) < 4.78 is 2.31. The van der Waals surface area contributed by atoms with E-state index in [2.05, 4.69) is 27.0 Å². The van der Waals surface area contributed by atoms with Gasteiger partial charge in [0.15, 0.2) is 0 Å². The van der Waals surface area contributed by atoms with Crippen LogP contribution in [0.1, 0.15) is 69.6 Å². The fraction of sp³-hybridized carbons (Fsp3) is 0.867. The van der Waals surface area contributed by atoms with E-state index in [0.717, 1.165) is 31.3 Å². The lowest BCUT2D eigenvalue weighted by atomic mass is 10.0. The van der Waals surface area contributed by atoms with Crippen LogP contribution in [-0.2, 0) is 13.0 Å². The second-order valence-electron chi connectivity index (χ2n) is 6.22. The second-order valence-corrected chi connectivity index (χ2v) is 6.22. The number of rotatable bonds is 4. The van der Waals surface area contributed by atoms with Crippen molar-refractivity contribution >= 4 is 0 Å². The van der Waals surface area contributed by atoms with Crippen molar-refractivity contribution in [1.29, 1.82) is 0 Å². The van der Waals surface area contributed by atoms with Crippen molar-refractivity contribution in [3.63, 3.8) is 0 Å².